The lowest BCUT2D eigenvalue weighted by molar-refractivity contribution is -0.121. The van der Waals surface area contributed by atoms with Gasteiger partial charge in [-0.25, -0.2) is 0 Å². The molecule has 156 valence electrons. The maximum Gasteiger partial charge on any atom is 0.223 e. The maximum absolute atomic E-state index is 12.3. The molecule has 0 radical (unpaired) electrons. The van der Waals surface area contributed by atoms with E-state index in [1.165, 1.54) is 0 Å². The monoisotopic (exact) mass is 395 g/mol. The van der Waals surface area contributed by atoms with Crippen molar-refractivity contribution in [2.45, 2.75) is 47.6 Å². The normalized spacial score (nSPS) is 10.5. The van der Waals surface area contributed by atoms with Crippen molar-refractivity contribution in [1.82, 2.24) is 5.32 Å². The molecule has 0 atom stereocenters. The summed E-state index contributed by atoms with van der Waals surface area (Å²) in [4.78, 5) is 28.5. The van der Waals surface area contributed by atoms with E-state index >= 15 is 0 Å². The summed E-state index contributed by atoms with van der Waals surface area (Å²) in [5, 5.41) is 2.96. The van der Waals surface area contributed by atoms with Crippen molar-refractivity contribution in [2.24, 2.45) is 0 Å². The molecule has 5 nitrogen and oxygen atoms in total. The smallest absolute Gasteiger partial charge is 0.223 e. The SMILES string of the molecule is CCN(CC)c1ccc(N(CCC(=O)NCc2ccccc2C)C(C)=O)c(C)c1. The number of amides is 2. The fraction of sp³-hybridized carbons (Fsp3) is 0.417. The van der Waals surface area contributed by atoms with E-state index in [2.05, 4.69) is 30.1 Å². The highest BCUT2D eigenvalue weighted by atomic mass is 16.2. The molecule has 0 spiro atoms. The van der Waals surface area contributed by atoms with E-state index in [9.17, 15) is 9.59 Å². The largest absolute Gasteiger partial charge is 0.372 e. The van der Waals surface area contributed by atoms with Crippen LogP contribution in [0.2, 0.25) is 0 Å². The Morgan fingerprint density at radius 2 is 1.66 bits per heavy atom. The van der Waals surface area contributed by atoms with E-state index < -0.39 is 0 Å². The Balaban J connectivity index is 2.02. The number of hydrogen-bond donors (Lipinski definition) is 1. The lowest BCUT2D eigenvalue weighted by Gasteiger charge is -2.26. The van der Waals surface area contributed by atoms with Crippen molar-refractivity contribution in [2.75, 3.05) is 29.4 Å². The van der Waals surface area contributed by atoms with Crippen molar-refractivity contribution in [3.8, 4) is 0 Å². The van der Waals surface area contributed by atoms with Gasteiger partial charge in [-0.3, -0.25) is 9.59 Å². The highest BCUT2D eigenvalue weighted by molar-refractivity contribution is 5.93. The molecule has 2 rings (SSSR count). The molecule has 0 aliphatic heterocycles. The zero-order valence-electron chi connectivity index (χ0n) is 18.3. The third kappa shape index (κ3) is 6.08. The molecule has 0 saturated carbocycles. The topological polar surface area (TPSA) is 52.6 Å². The van der Waals surface area contributed by atoms with Crippen molar-refractivity contribution >= 4 is 23.2 Å². The fourth-order valence-corrected chi connectivity index (χ4v) is 3.48. The first-order valence-electron chi connectivity index (χ1n) is 10.3. The Kier molecular flexibility index (Phi) is 8.25. The standard InChI is InChI=1S/C24H33N3O2/c1-6-26(7-2)22-12-13-23(19(4)16-22)27(20(5)28)15-14-24(29)25-17-21-11-9-8-10-18(21)3/h8-13,16H,6-7,14-15,17H2,1-5H3,(H,25,29). The van der Waals surface area contributed by atoms with Gasteiger partial charge in [-0.05, 0) is 62.6 Å². The molecular weight excluding hydrogens is 362 g/mol. The van der Waals surface area contributed by atoms with E-state index in [1.807, 2.05) is 50.2 Å². The second kappa shape index (κ2) is 10.6. The number of rotatable bonds is 9. The average molecular weight is 396 g/mol. The van der Waals surface area contributed by atoms with Crippen LogP contribution in [0.3, 0.4) is 0 Å². The third-order valence-corrected chi connectivity index (χ3v) is 5.28. The first-order chi connectivity index (χ1) is 13.9. The van der Waals surface area contributed by atoms with Gasteiger partial charge in [0, 0.05) is 50.9 Å². The molecule has 2 aromatic rings. The molecule has 2 amide bonds. The molecule has 1 N–H and O–H groups in total. The molecule has 0 aliphatic carbocycles. The summed E-state index contributed by atoms with van der Waals surface area (Å²) in [6.45, 7) is 12.6. The second-order valence-electron chi connectivity index (χ2n) is 7.27. The lowest BCUT2D eigenvalue weighted by atomic mass is 10.1. The number of nitrogens with one attached hydrogen (secondary N) is 1. The summed E-state index contributed by atoms with van der Waals surface area (Å²) in [7, 11) is 0. The zero-order chi connectivity index (χ0) is 21.4. The van der Waals surface area contributed by atoms with E-state index in [0.29, 0.717) is 13.1 Å². The first-order valence-corrected chi connectivity index (χ1v) is 10.3. The zero-order valence-corrected chi connectivity index (χ0v) is 18.3. The minimum absolute atomic E-state index is 0.0584. The summed E-state index contributed by atoms with van der Waals surface area (Å²) in [5.74, 6) is -0.118. The Labute approximate surface area is 174 Å². The van der Waals surface area contributed by atoms with Crippen LogP contribution in [0.4, 0.5) is 11.4 Å². The van der Waals surface area contributed by atoms with Crippen molar-refractivity contribution < 1.29 is 9.59 Å². The number of nitrogens with zero attached hydrogens (tertiary/aromatic N) is 2. The molecule has 0 aliphatic rings. The van der Waals surface area contributed by atoms with Gasteiger partial charge < -0.3 is 15.1 Å². The Morgan fingerprint density at radius 1 is 0.966 bits per heavy atom. The average Bonchev–Trinajstić information content (AvgIpc) is 2.69. The van der Waals surface area contributed by atoms with Gasteiger partial charge in [0.2, 0.25) is 11.8 Å². The van der Waals surface area contributed by atoms with Crippen LogP contribution in [0.5, 0.6) is 0 Å². The van der Waals surface area contributed by atoms with E-state index in [0.717, 1.165) is 41.2 Å². The van der Waals surface area contributed by atoms with Crippen molar-refractivity contribution in [3.05, 3.63) is 59.2 Å². The van der Waals surface area contributed by atoms with Gasteiger partial charge in [0.15, 0.2) is 0 Å². The molecular formula is C24H33N3O2. The summed E-state index contributed by atoms with van der Waals surface area (Å²) < 4.78 is 0. The van der Waals surface area contributed by atoms with Gasteiger partial charge in [0.25, 0.3) is 0 Å². The molecule has 5 heteroatoms. The molecule has 0 saturated heterocycles. The highest BCUT2D eigenvalue weighted by Gasteiger charge is 2.16. The summed E-state index contributed by atoms with van der Waals surface area (Å²) in [6, 6.07) is 14.1. The lowest BCUT2D eigenvalue weighted by Crippen LogP contribution is -2.34. The second-order valence-corrected chi connectivity index (χ2v) is 7.27. The number of carbonyl (C=O) groups is 2. The van der Waals surface area contributed by atoms with E-state index in [4.69, 9.17) is 0 Å². The molecule has 0 heterocycles. The molecule has 0 unspecified atom stereocenters. The number of hydrogen-bond acceptors (Lipinski definition) is 3. The van der Waals surface area contributed by atoms with Crippen LogP contribution in [0.25, 0.3) is 0 Å². The molecule has 2 aromatic carbocycles. The predicted octanol–water partition coefficient (Wildman–Crippen LogP) is 4.21. The van der Waals surface area contributed by atoms with E-state index in [-0.39, 0.29) is 18.2 Å². The molecule has 0 fully saturated rings. The Morgan fingerprint density at radius 3 is 2.24 bits per heavy atom. The highest BCUT2D eigenvalue weighted by Crippen LogP contribution is 2.26. The summed E-state index contributed by atoms with van der Waals surface area (Å²) >= 11 is 0. The summed E-state index contributed by atoms with van der Waals surface area (Å²) in [6.07, 6.45) is 0.267. The molecule has 0 bridgehead atoms. The van der Waals surface area contributed by atoms with Crippen LogP contribution in [-0.4, -0.2) is 31.4 Å². The molecule has 29 heavy (non-hydrogen) atoms. The maximum atomic E-state index is 12.3. The number of anilines is 2. The van der Waals surface area contributed by atoms with Crippen LogP contribution in [0.15, 0.2) is 42.5 Å². The van der Waals surface area contributed by atoms with Gasteiger partial charge in [0.1, 0.15) is 0 Å². The Hall–Kier alpha value is -2.82. The number of benzene rings is 2. The number of aryl methyl sites for hydroxylation is 2. The van der Waals surface area contributed by atoms with Gasteiger partial charge in [-0.15, -0.1) is 0 Å². The number of carbonyl (C=O) groups excluding carboxylic acids is 2. The van der Waals surface area contributed by atoms with Crippen molar-refractivity contribution in [3.63, 3.8) is 0 Å². The van der Waals surface area contributed by atoms with Crippen LogP contribution in [-0.2, 0) is 16.1 Å². The fourth-order valence-electron chi connectivity index (χ4n) is 3.48. The van der Waals surface area contributed by atoms with Gasteiger partial charge >= 0.3 is 0 Å². The minimum Gasteiger partial charge on any atom is -0.372 e. The van der Waals surface area contributed by atoms with Gasteiger partial charge in [-0.1, -0.05) is 24.3 Å². The van der Waals surface area contributed by atoms with Crippen LogP contribution in [0, 0.1) is 13.8 Å². The van der Waals surface area contributed by atoms with Crippen LogP contribution >= 0.6 is 0 Å². The van der Waals surface area contributed by atoms with Crippen LogP contribution in [0.1, 0.15) is 43.9 Å². The van der Waals surface area contributed by atoms with Crippen molar-refractivity contribution in [1.29, 1.82) is 0 Å². The molecule has 0 aromatic heterocycles. The van der Waals surface area contributed by atoms with Gasteiger partial charge in [-0.2, -0.15) is 0 Å². The third-order valence-electron chi connectivity index (χ3n) is 5.28. The summed E-state index contributed by atoms with van der Waals surface area (Å²) in [5.41, 5.74) is 5.30. The van der Waals surface area contributed by atoms with Gasteiger partial charge in [0.05, 0.1) is 0 Å². The first kappa shape index (κ1) is 22.5. The minimum atomic E-state index is -0.0598. The van der Waals surface area contributed by atoms with E-state index in [1.54, 1.807) is 11.8 Å². The quantitative estimate of drug-likeness (QED) is 0.692. The van der Waals surface area contributed by atoms with Crippen LogP contribution < -0.4 is 15.1 Å². The predicted molar refractivity (Wildman–Crippen MR) is 120 cm³/mol. The Bertz CT molecular complexity index is 844.